The molecule has 3 N–H and O–H groups in total. The molecule has 1 aliphatic rings. The van der Waals surface area contributed by atoms with Crippen LogP contribution in [0.15, 0.2) is 53.4 Å². The first-order valence-electron chi connectivity index (χ1n) is 9.07. The molecule has 0 saturated carbocycles. The second-order valence-corrected chi connectivity index (χ2v) is 7.33. The topological polar surface area (TPSA) is 128 Å². The highest BCUT2D eigenvalue weighted by atomic mass is 32.2. The number of hydrogen-bond donors (Lipinski definition) is 2. The largest absolute Gasteiger partial charge is 0.495 e. The Morgan fingerprint density at radius 1 is 1.13 bits per heavy atom. The van der Waals surface area contributed by atoms with Crippen molar-refractivity contribution in [2.75, 3.05) is 25.6 Å². The number of hydrogen-bond acceptors (Lipinski definition) is 7. The van der Waals surface area contributed by atoms with Crippen LogP contribution < -0.4 is 20.5 Å². The fourth-order valence-electron chi connectivity index (χ4n) is 2.69. The standard InChI is InChI=1S/C21H19N3O6S/c1-29-16-5-3-2-4-15(16)23-19(26)12-30-14-8-6-13(7-9-14)10-17-20(27)24(11-18(22)25)21(28)31-17/h2-10H,11-12H2,1H3,(H2,22,25)(H,23,26)/b17-10-. The number of nitrogens with two attached hydrogens (primary N) is 1. The number of primary amides is 1. The van der Waals surface area contributed by atoms with E-state index in [2.05, 4.69) is 5.32 Å². The molecule has 4 amide bonds. The van der Waals surface area contributed by atoms with Crippen molar-refractivity contribution in [2.24, 2.45) is 5.73 Å². The number of anilines is 1. The van der Waals surface area contributed by atoms with E-state index in [1.54, 1.807) is 48.5 Å². The maximum Gasteiger partial charge on any atom is 0.294 e. The average Bonchev–Trinajstić information content (AvgIpc) is 3.00. The number of imide groups is 1. The van der Waals surface area contributed by atoms with E-state index in [0.29, 0.717) is 22.7 Å². The van der Waals surface area contributed by atoms with Crippen LogP contribution in [-0.4, -0.2) is 48.1 Å². The van der Waals surface area contributed by atoms with Gasteiger partial charge in [-0.1, -0.05) is 24.3 Å². The zero-order valence-electron chi connectivity index (χ0n) is 16.5. The van der Waals surface area contributed by atoms with Crippen LogP contribution in [0.25, 0.3) is 6.08 Å². The number of carbonyl (C=O) groups excluding carboxylic acids is 4. The molecule has 0 aromatic heterocycles. The van der Waals surface area contributed by atoms with Gasteiger partial charge in [-0.15, -0.1) is 0 Å². The van der Waals surface area contributed by atoms with Gasteiger partial charge in [-0.25, -0.2) is 0 Å². The summed E-state index contributed by atoms with van der Waals surface area (Å²) in [6.45, 7) is -0.658. The molecule has 160 valence electrons. The van der Waals surface area contributed by atoms with Gasteiger partial charge in [0.15, 0.2) is 6.61 Å². The summed E-state index contributed by atoms with van der Waals surface area (Å²) in [6.07, 6.45) is 1.53. The third-order valence-electron chi connectivity index (χ3n) is 4.12. The summed E-state index contributed by atoms with van der Waals surface area (Å²) in [7, 11) is 1.52. The molecule has 1 saturated heterocycles. The number of benzene rings is 2. The lowest BCUT2D eigenvalue weighted by molar-refractivity contribution is -0.127. The number of amides is 4. The lowest BCUT2D eigenvalue weighted by atomic mass is 10.2. The van der Waals surface area contributed by atoms with Crippen LogP contribution >= 0.6 is 11.8 Å². The summed E-state index contributed by atoms with van der Waals surface area (Å²) in [5.41, 5.74) is 6.25. The Balaban J connectivity index is 1.57. The lowest BCUT2D eigenvalue weighted by Crippen LogP contribution is -2.36. The van der Waals surface area contributed by atoms with Crippen LogP contribution in [0, 0.1) is 0 Å². The van der Waals surface area contributed by atoms with Crippen molar-refractivity contribution >= 4 is 46.5 Å². The summed E-state index contributed by atoms with van der Waals surface area (Å²) in [4.78, 5) is 48.2. The Kier molecular flexibility index (Phi) is 6.93. The maximum absolute atomic E-state index is 12.2. The van der Waals surface area contributed by atoms with Crippen molar-refractivity contribution in [3.63, 3.8) is 0 Å². The van der Waals surface area contributed by atoms with Crippen LogP contribution in [0.2, 0.25) is 0 Å². The maximum atomic E-state index is 12.2. The predicted octanol–water partition coefficient (Wildman–Crippen LogP) is 2.23. The number of ether oxygens (including phenoxy) is 2. The van der Waals surface area contributed by atoms with Crippen molar-refractivity contribution in [3.8, 4) is 11.5 Å². The molecule has 1 fully saturated rings. The van der Waals surface area contributed by atoms with E-state index in [4.69, 9.17) is 15.2 Å². The SMILES string of the molecule is COc1ccccc1NC(=O)COc1ccc(/C=C2\SC(=O)N(CC(N)=O)C2=O)cc1. The monoisotopic (exact) mass is 441 g/mol. The minimum atomic E-state index is -0.764. The van der Waals surface area contributed by atoms with Gasteiger partial charge in [-0.2, -0.15) is 0 Å². The number of nitrogens with zero attached hydrogens (tertiary/aromatic N) is 1. The molecule has 2 aromatic carbocycles. The first-order valence-corrected chi connectivity index (χ1v) is 9.88. The molecule has 3 rings (SSSR count). The third-order valence-corrected chi connectivity index (χ3v) is 5.02. The molecule has 9 nitrogen and oxygen atoms in total. The molecular weight excluding hydrogens is 422 g/mol. The van der Waals surface area contributed by atoms with Crippen molar-refractivity contribution in [2.45, 2.75) is 0 Å². The van der Waals surface area contributed by atoms with Gasteiger partial charge in [0.1, 0.15) is 18.0 Å². The predicted molar refractivity (Wildman–Crippen MR) is 115 cm³/mol. The van der Waals surface area contributed by atoms with Crippen molar-refractivity contribution in [1.82, 2.24) is 4.90 Å². The van der Waals surface area contributed by atoms with Crippen molar-refractivity contribution in [1.29, 1.82) is 0 Å². The number of thioether (sulfide) groups is 1. The second-order valence-electron chi connectivity index (χ2n) is 6.34. The number of nitrogens with one attached hydrogen (secondary N) is 1. The second kappa shape index (κ2) is 9.81. The van der Waals surface area contributed by atoms with E-state index in [1.165, 1.54) is 13.2 Å². The first kappa shape index (κ1) is 21.9. The Morgan fingerprint density at radius 3 is 2.52 bits per heavy atom. The van der Waals surface area contributed by atoms with E-state index in [-0.39, 0.29) is 17.4 Å². The molecule has 1 aliphatic heterocycles. The minimum Gasteiger partial charge on any atom is -0.495 e. The zero-order valence-corrected chi connectivity index (χ0v) is 17.3. The molecular formula is C21H19N3O6S. The Bertz CT molecular complexity index is 1050. The Hall–Kier alpha value is -3.79. The molecule has 1 heterocycles. The van der Waals surface area contributed by atoms with Gasteiger partial charge in [0.25, 0.3) is 17.1 Å². The highest BCUT2D eigenvalue weighted by Crippen LogP contribution is 2.32. The number of methoxy groups -OCH3 is 1. The molecule has 0 bridgehead atoms. The van der Waals surface area contributed by atoms with E-state index >= 15 is 0 Å². The third kappa shape index (κ3) is 5.64. The molecule has 0 atom stereocenters. The Labute approximate surface area is 182 Å². The van der Waals surface area contributed by atoms with Crippen LogP contribution in [0.3, 0.4) is 0 Å². The summed E-state index contributed by atoms with van der Waals surface area (Å²) in [6, 6.07) is 13.6. The zero-order chi connectivity index (χ0) is 22.4. The number of rotatable bonds is 8. The van der Waals surface area contributed by atoms with Crippen molar-refractivity contribution < 1.29 is 28.7 Å². The fourth-order valence-corrected chi connectivity index (χ4v) is 3.53. The molecule has 0 radical (unpaired) electrons. The van der Waals surface area contributed by atoms with Crippen LogP contribution in [0.1, 0.15) is 5.56 Å². The molecule has 31 heavy (non-hydrogen) atoms. The van der Waals surface area contributed by atoms with Gasteiger partial charge >= 0.3 is 0 Å². The van der Waals surface area contributed by atoms with Gasteiger partial charge in [0.2, 0.25) is 5.91 Å². The number of carbonyl (C=O) groups is 4. The van der Waals surface area contributed by atoms with Crippen molar-refractivity contribution in [3.05, 3.63) is 59.0 Å². The van der Waals surface area contributed by atoms with Gasteiger partial charge < -0.3 is 20.5 Å². The lowest BCUT2D eigenvalue weighted by Gasteiger charge is -2.10. The summed E-state index contributed by atoms with van der Waals surface area (Å²) < 4.78 is 10.7. The van der Waals surface area contributed by atoms with Gasteiger partial charge in [0.05, 0.1) is 17.7 Å². The van der Waals surface area contributed by atoms with Crippen LogP contribution in [0.5, 0.6) is 11.5 Å². The van der Waals surface area contributed by atoms with E-state index in [1.807, 2.05) is 0 Å². The van der Waals surface area contributed by atoms with Gasteiger partial charge in [0, 0.05) is 0 Å². The molecule has 10 heteroatoms. The van der Waals surface area contributed by atoms with Crippen LogP contribution in [0.4, 0.5) is 10.5 Å². The summed E-state index contributed by atoms with van der Waals surface area (Å²) in [5, 5.41) is 2.16. The van der Waals surface area contributed by atoms with E-state index in [9.17, 15) is 19.2 Å². The summed E-state index contributed by atoms with van der Waals surface area (Å²) >= 11 is 0.737. The highest BCUT2D eigenvalue weighted by Gasteiger charge is 2.35. The minimum absolute atomic E-state index is 0.191. The quantitative estimate of drug-likeness (QED) is 0.601. The first-order chi connectivity index (χ1) is 14.9. The van der Waals surface area contributed by atoms with Gasteiger partial charge in [-0.3, -0.25) is 24.1 Å². The molecule has 0 aliphatic carbocycles. The summed E-state index contributed by atoms with van der Waals surface area (Å²) in [5.74, 6) is -0.687. The fraction of sp³-hybridized carbons (Fsp3) is 0.143. The molecule has 0 spiro atoms. The number of para-hydroxylation sites is 2. The highest BCUT2D eigenvalue weighted by molar-refractivity contribution is 8.18. The van der Waals surface area contributed by atoms with E-state index in [0.717, 1.165) is 16.7 Å². The smallest absolute Gasteiger partial charge is 0.294 e. The van der Waals surface area contributed by atoms with Crippen LogP contribution in [-0.2, 0) is 14.4 Å². The normalized spacial score (nSPS) is 14.6. The molecule has 0 unspecified atom stereocenters. The molecule has 2 aromatic rings. The average molecular weight is 441 g/mol. The van der Waals surface area contributed by atoms with Gasteiger partial charge in [-0.05, 0) is 47.7 Å². The van der Waals surface area contributed by atoms with E-state index < -0.39 is 23.6 Å². The Morgan fingerprint density at radius 2 is 1.84 bits per heavy atom.